The van der Waals surface area contributed by atoms with Gasteiger partial charge in [0.05, 0.1) is 0 Å². The van der Waals surface area contributed by atoms with Crippen LogP contribution < -0.4 is 11.1 Å². The van der Waals surface area contributed by atoms with Gasteiger partial charge in [-0.15, -0.1) is 0 Å². The van der Waals surface area contributed by atoms with Crippen molar-refractivity contribution >= 4 is 5.91 Å². The van der Waals surface area contributed by atoms with E-state index in [0.29, 0.717) is 12.6 Å². The molecule has 1 aliphatic rings. The summed E-state index contributed by atoms with van der Waals surface area (Å²) >= 11 is 0. The summed E-state index contributed by atoms with van der Waals surface area (Å²) in [6, 6.07) is 8.12. The van der Waals surface area contributed by atoms with Crippen LogP contribution in [0.2, 0.25) is 0 Å². The van der Waals surface area contributed by atoms with Crippen molar-refractivity contribution in [3.63, 3.8) is 0 Å². The van der Waals surface area contributed by atoms with Gasteiger partial charge < -0.3 is 11.1 Å². The predicted octanol–water partition coefficient (Wildman–Crippen LogP) is 2.89. The summed E-state index contributed by atoms with van der Waals surface area (Å²) in [7, 11) is 0. The van der Waals surface area contributed by atoms with E-state index >= 15 is 0 Å². The number of benzene rings is 1. The Labute approximate surface area is 121 Å². The number of hydrogen-bond donors (Lipinski definition) is 2. The Kier molecular flexibility index (Phi) is 5.60. The van der Waals surface area contributed by atoms with Gasteiger partial charge in [0.25, 0.3) is 5.91 Å². The lowest BCUT2D eigenvalue weighted by Crippen LogP contribution is -2.35. The highest BCUT2D eigenvalue weighted by Crippen LogP contribution is 2.23. The van der Waals surface area contributed by atoms with Gasteiger partial charge >= 0.3 is 0 Å². The molecule has 1 amide bonds. The molecule has 1 aromatic carbocycles. The number of hydrogen-bond acceptors (Lipinski definition) is 2. The lowest BCUT2D eigenvalue weighted by molar-refractivity contribution is 0.0932. The van der Waals surface area contributed by atoms with Gasteiger partial charge in [-0.2, -0.15) is 0 Å². The van der Waals surface area contributed by atoms with Crippen LogP contribution in [0.3, 0.4) is 0 Å². The third-order valence-electron chi connectivity index (χ3n) is 4.27. The second kappa shape index (κ2) is 7.44. The number of amides is 1. The molecule has 3 nitrogen and oxygen atoms in total. The fraction of sp³-hybridized carbons (Fsp3) is 0.588. The number of carbonyl (C=O) groups excluding carboxylic acids is 1. The lowest BCUT2D eigenvalue weighted by Gasteiger charge is -2.17. The van der Waals surface area contributed by atoms with Crippen molar-refractivity contribution in [3.8, 4) is 0 Å². The van der Waals surface area contributed by atoms with Gasteiger partial charge in [-0.05, 0) is 49.8 Å². The van der Waals surface area contributed by atoms with E-state index in [-0.39, 0.29) is 5.91 Å². The van der Waals surface area contributed by atoms with Gasteiger partial charge in [-0.25, -0.2) is 0 Å². The number of nitrogens with two attached hydrogens (primary N) is 1. The zero-order valence-corrected chi connectivity index (χ0v) is 12.4. The first-order chi connectivity index (χ1) is 9.70. The molecule has 0 bridgehead atoms. The van der Waals surface area contributed by atoms with Gasteiger partial charge in [0.15, 0.2) is 0 Å². The van der Waals surface area contributed by atoms with Gasteiger partial charge in [-0.1, -0.05) is 38.0 Å². The topological polar surface area (TPSA) is 55.1 Å². The van der Waals surface area contributed by atoms with Crippen LogP contribution >= 0.6 is 0 Å². The fourth-order valence-electron chi connectivity index (χ4n) is 3.01. The molecular formula is C17H26N2O. The molecule has 110 valence electrons. The number of carbonyl (C=O) groups is 1. The molecule has 0 radical (unpaired) electrons. The third-order valence-corrected chi connectivity index (χ3v) is 4.27. The maximum atomic E-state index is 12.5. The molecule has 3 heteroatoms. The second-order valence-corrected chi connectivity index (χ2v) is 5.98. The average molecular weight is 274 g/mol. The van der Waals surface area contributed by atoms with Crippen molar-refractivity contribution < 1.29 is 4.79 Å². The van der Waals surface area contributed by atoms with E-state index in [1.807, 2.05) is 24.3 Å². The first-order valence-electron chi connectivity index (χ1n) is 7.79. The Hall–Kier alpha value is -1.35. The smallest absolute Gasteiger partial charge is 0.251 e. The largest absolute Gasteiger partial charge is 0.349 e. The molecule has 1 aromatic rings. The SMILES string of the molecule is CC1CCCC(NC(=O)c2ccccc2CCN)CC1. The molecule has 2 unspecified atom stereocenters. The van der Waals surface area contributed by atoms with Crippen LogP contribution in [0.25, 0.3) is 0 Å². The number of rotatable bonds is 4. The fourth-order valence-corrected chi connectivity index (χ4v) is 3.01. The summed E-state index contributed by atoms with van der Waals surface area (Å²) in [5.74, 6) is 0.857. The Morgan fingerprint density at radius 3 is 2.85 bits per heavy atom. The first kappa shape index (κ1) is 15.0. The summed E-state index contributed by atoms with van der Waals surface area (Å²) < 4.78 is 0. The Balaban J connectivity index is 2.00. The van der Waals surface area contributed by atoms with Gasteiger partial charge in [0, 0.05) is 11.6 Å². The molecule has 0 spiro atoms. The summed E-state index contributed by atoms with van der Waals surface area (Å²) in [4.78, 5) is 12.5. The van der Waals surface area contributed by atoms with Crippen LogP contribution in [-0.4, -0.2) is 18.5 Å². The van der Waals surface area contributed by atoms with Crippen LogP contribution in [0.4, 0.5) is 0 Å². The Morgan fingerprint density at radius 1 is 1.25 bits per heavy atom. The van der Waals surface area contributed by atoms with Crippen LogP contribution in [0.1, 0.15) is 54.9 Å². The molecular weight excluding hydrogens is 248 g/mol. The second-order valence-electron chi connectivity index (χ2n) is 5.98. The minimum Gasteiger partial charge on any atom is -0.349 e. The maximum Gasteiger partial charge on any atom is 0.251 e. The van der Waals surface area contributed by atoms with Crippen LogP contribution in [0, 0.1) is 5.92 Å². The normalized spacial score (nSPS) is 23.1. The zero-order chi connectivity index (χ0) is 14.4. The van der Waals surface area contributed by atoms with Gasteiger partial charge in [0.1, 0.15) is 0 Å². The summed E-state index contributed by atoms with van der Waals surface area (Å²) in [5, 5.41) is 3.21. The van der Waals surface area contributed by atoms with E-state index in [2.05, 4.69) is 12.2 Å². The van der Waals surface area contributed by atoms with Crippen molar-refractivity contribution in [2.75, 3.05) is 6.54 Å². The van der Waals surface area contributed by atoms with Crippen LogP contribution in [0.15, 0.2) is 24.3 Å². The molecule has 0 aromatic heterocycles. The number of nitrogens with one attached hydrogen (secondary N) is 1. The molecule has 0 aliphatic heterocycles. The Bertz CT molecular complexity index is 444. The minimum atomic E-state index is 0.0635. The molecule has 2 rings (SSSR count). The van der Waals surface area contributed by atoms with Gasteiger partial charge in [0.2, 0.25) is 0 Å². The highest BCUT2D eigenvalue weighted by atomic mass is 16.1. The summed E-state index contributed by atoms with van der Waals surface area (Å²) in [5.41, 5.74) is 7.46. The molecule has 1 aliphatic carbocycles. The molecule has 2 atom stereocenters. The highest BCUT2D eigenvalue weighted by Gasteiger charge is 2.19. The van der Waals surface area contributed by atoms with E-state index in [0.717, 1.165) is 36.3 Å². The van der Waals surface area contributed by atoms with E-state index < -0.39 is 0 Å². The molecule has 3 N–H and O–H groups in total. The third kappa shape index (κ3) is 4.07. The van der Waals surface area contributed by atoms with Crippen molar-refractivity contribution in [1.29, 1.82) is 0 Å². The summed E-state index contributed by atoms with van der Waals surface area (Å²) in [6.07, 6.45) is 6.69. The highest BCUT2D eigenvalue weighted by molar-refractivity contribution is 5.95. The van der Waals surface area contributed by atoms with Crippen molar-refractivity contribution in [2.24, 2.45) is 11.7 Å². The predicted molar refractivity (Wildman–Crippen MR) is 82.7 cm³/mol. The zero-order valence-electron chi connectivity index (χ0n) is 12.4. The maximum absolute atomic E-state index is 12.5. The summed E-state index contributed by atoms with van der Waals surface area (Å²) in [6.45, 7) is 2.88. The standard InChI is InChI=1S/C17H26N2O/c1-13-5-4-7-15(10-9-13)19-17(20)16-8-3-2-6-14(16)11-12-18/h2-3,6,8,13,15H,4-5,7,9-12,18H2,1H3,(H,19,20). The lowest BCUT2D eigenvalue weighted by atomic mass is 10.0. The average Bonchev–Trinajstić information content (AvgIpc) is 2.65. The van der Waals surface area contributed by atoms with Crippen LogP contribution in [0.5, 0.6) is 0 Å². The molecule has 20 heavy (non-hydrogen) atoms. The van der Waals surface area contributed by atoms with Crippen molar-refractivity contribution in [2.45, 2.75) is 51.5 Å². The van der Waals surface area contributed by atoms with Gasteiger partial charge in [-0.3, -0.25) is 4.79 Å². The molecule has 0 saturated heterocycles. The Morgan fingerprint density at radius 2 is 2.05 bits per heavy atom. The molecule has 1 fully saturated rings. The quantitative estimate of drug-likeness (QED) is 0.829. The van der Waals surface area contributed by atoms with E-state index in [9.17, 15) is 4.79 Å². The molecule has 0 heterocycles. The van der Waals surface area contributed by atoms with Crippen molar-refractivity contribution in [3.05, 3.63) is 35.4 Å². The first-order valence-corrected chi connectivity index (χ1v) is 7.79. The van der Waals surface area contributed by atoms with E-state index in [4.69, 9.17) is 5.73 Å². The van der Waals surface area contributed by atoms with Crippen molar-refractivity contribution in [1.82, 2.24) is 5.32 Å². The van der Waals surface area contributed by atoms with E-state index in [1.165, 1.54) is 19.3 Å². The monoisotopic (exact) mass is 274 g/mol. The molecule has 1 saturated carbocycles. The van der Waals surface area contributed by atoms with E-state index in [1.54, 1.807) is 0 Å². The van der Waals surface area contributed by atoms with Crippen LogP contribution in [-0.2, 0) is 6.42 Å². The minimum absolute atomic E-state index is 0.0635.